The predicted molar refractivity (Wildman–Crippen MR) is 103 cm³/mol. The maximum absolute atomic E-state index is 12.0. The minimum atomic E-state index is -0.368. The summed E-state index contributed by atoms with van der Waals surface area (Å²) in [6.07, 6.45) is 4.82. The number of thioether (sulfide) groups is 1. The Kier molecular flexibility index (Phi) is 5.44. The van der Waals surface area contributed by atoms with E-state index < -0.39 is 0 Å². The summed E-state index contributed by atoms with van der Waals surface area (Å²) >= 11 is 9.08. The molecule has 0 aliphatic carbocycles. The van der Waals surface area contributed by atoms with Crippen LogP contribution in [0.15, 0.2) is 33.9 Å². The van der Waals surface area contributed by atoms with Gasteiger partial charge in [0.05, 0.1) is 4.91 Å². The number of hydrogen-bond donors (Lipinski definition) is 2. The zero-order valence-corrected chi connectivity index (χ0v) is 16.6. The molecule has 0 saturated carbocycles. The molecule has 0 bridgehead atoms. The Hall–Kier alpha value is -2.17. The maximum Gasteiger partial charge on any atom is 0.293 e. The van der Waals surface area contributed by atoms with Crippen molar-refractivity contribution in [3.63, 3.8) is 0 Å². The molecule has 2 amide bonds. The van der Waals surface area contributed by atoms with Crippen LogP contribution in [0.4, 0.5) is 4.79 Å². The molecule has 26 heavy (non-hydrogen) atoms. The van der Waals surface area contributed by atoms with Gasteiger partial charge in [0.25, 0.3) is 11.1 Å². The van der Waals surface area contributed by atoms with Gasteiger partial charge in [-0.3, -0.25) is 14.5 Å². The van der Waals surface area contributed by atoms with E-state index in [0.717, 1.165) is 22.2 Å². The standard InChI is InChI=1S/C16H12BrN3O4S2/c1-20-14(22)13(26-16(20)23)3-9-2-12(11(21)4-10(9)17)24-7-8-5-18-15(25)19-6-8/h2-6,21H,7H2,1H3,(H,18,19,25)/b13-3-. The zero-order valence-electron chi connectivity index (χ0n) is 13.4. The van der Waals surface area contributed by atoms with Crippen LogP contribution in [-0.2, 0) is 11.4 Å². The molecule has 2 aromatic rings. The fourth-order valence-electron chi connectivity index (χ4n) is 2.08. The first-order chi connectivity index (χ1) is 12.3. The van der Waals surface area contributed by atoms with E-state index in [0.29, 0.717) is 19.7 Å². The number of aromatic nitrogens is 2. The Morgan fingerprint density at radius 3 is 2.85 bits per heavy atom. The van der Waals surface area contributed by atoms with Gasteiger partial charge in [-0.1, -0.05) is 15.9 Å². The number of carbonyl (C=O) groups is 2. The van der Waals surface area contributed by atoms with E-state index >= 15 is 0 Å². The number of halogens is 1. The topological polar surface area (TPSA) is 95.5 Å². The number of aromatic hydroxyl groups is 1. The summed E-state index contributed by atoms with van der Waals surface area (Å²) in [4.78, 5) is 31.7. The molecule has 1 aliphatic rings. The van der Waals surface area contributed by atoms with Crippen LogP contribution in [0, 0.1) is 4.77 Å². The molecule has 0 atom stereocenters. The van der Waals surface area contributed by atoms with E-state index in [2.05, 4.69) is 25.9 Å². The van der Waals surface area contributed by atoms with Crippen molar-refractivity contribution in [2.45, 2.75) is 6.61 Å². The molecular weight excluding hydrogens is 442 g/mol. The van der Waals surface area contributed by atoms with E-state index in [1.165, 1.54) is 13.1 Å². The van der Waals surface area contributed by atoms with Crippen LogP contribution in [0.25, 0.3) is 6.08 Å². The van der Waals surface area contributed by atoms with Crippen molar-refractivity contribution in [3.8, 4) is 11.5 Å². The molecule has 2 N–H and O–H groups in total. The van der Waals surface area contributed by atoms with Gasteiger partial charge in [-0.25, -0.2) is 4.98 Å². The lowest BCUT2D eigenvalue weighted by Gasteiger charge is -2.10. The van der Waals surface area contributed by atoms with E-state index in [-0.39, 0.29) is 29.3 Å². The van der Waals surface area contributed by atoms with Crippen molar-refractivity contribution in [2.75, 3.05) is 7.05 Å². The fourth-order valence-corrected chi connectivity index (χ4v) is 3.46. The predicted octanol–water partition coefficient (Wildman–Crippen LogP) is 3.85. The van der Waals surface area contributed by atoms with Gasteiger partial charge in [-0.15, -0.1) is 0 Å². The number of H-pyrrole nitrogens is 1. The molecule has 0 unspecified atom stereocenters. The highest BCUT2D eigenvalue weighted by Crippen LogP contribution is 2.37. The summed E-state index contributed by atoms with van der Waals surface area (Å²) in [7, 11) is 1.43. The van der Waals surface area contributed by atoms with Gasteiger partial charge in [0.15, 0.2) is 16.3 Å². The Morgan fingerprint density at radius 1 is 1.46 bits per heavy atom. The normalized spacial score (nSPS) is 15.8. The summed E-state index contributed by atoms with van der Waals surface area (Å²) in [5.41, 5.74) is 1.34. The highest BCUT2D eigenvalue weighted by Gasteiger charge is 2.32. The van der Waals surface area contributed by atoms with Gasteiger partial charge in [0.1, 0.15) is 6.61 Å². The molecule has 1 saturated heterocycles. The third-order valence-corrected chi connectivity index (χ3v) is 5.35. The monoisotopic (exact) mass is 453 g/mol. The number of rotatable bonds is 4. The van der Waals surface area contributed by atoms with E-state index in [4.69, 9.17) is 17.0 Å². The highest BCUT2D eigenvalue weighted by atomic mass is 79.9. The molecule has 3 rings (SSSR count). The molecular formula is C16H12BrN3O4S2. The van der Waals surface area contributed by atoms with Crippen molar-refractivity contribution in [1.82, 2.24) is 14.9 Å². The number of ether oxygens (including phenoxy) is 1. The zero-order chi connectivity index (χ0) is 18.8. The Morgan fingerprint density at radius 2 is 2.23 bits per heavy atom. The number of carbonyl (C=O) groups excluding carboxylic acids is 2. The maximum atomic E-state index is 12.0. The number of benzene rings is 1. The molecule has 0 radical (unpaired) electrons. The number of nitrogens with zero attached hydrogens (tertiary/aromatic N) is 2. The minimum absolute atomic E-state index is 0.0607. The lowest BCUT2D eigenvalue weighted by atomic mass is 10.2. The number of phenols is 1. The summed E-state index contributed by atoms with van der Waals surface area (Å²) in [6, 6.07) is 3.05. The van der Waals surface area contributed by atoms with Crippen LogP contribution in [-0.4, -0.2) is 38.2 Å². The van der Waals surface area contributed by atoms with Gasteiger partial charge in [0.2, 0.25) is 0 Å². The average Bonchev–Trinajstić information content (AvgIpc) is 2.84. The summed E-state index contributed by atoms with van der Waals surface area (Å²) in [6.45, 7) is 0.166. The second-order valence-electron chi connectivity index (χ2n) is 5.30. The van der Waals surface area contributed by atoms with Crippen molar-refractivity contribution >= 4 is 57.1 Å². The summed E-state index contributed by atoms with van der Waals surface area (Å²) in [5, 5.41) is 9.75. The molecule has 1 aliphatic heterocycles. The number of hydrogen-bond acceptors (Lipinski definition) is 7. The number of nitrogens with one attached hydrogen (secondary N) is 1. The van der Waals surface area contributed by atoms with Crippen molar-refractivity contribution in [3.05, 3.63) is 49.8 Å². The van der Waals surface area contributed by atoms with Crippen LogP contribution >= 0.6 is 39.9 Å². The first kappa shape index (κ1) is 18.6. The van der Waals surface area contributed by atoms with Crippen molar-refractivity contribution in [1.29, 1.82) is 0 Å². The Bertz CT molecular complexity index is 969. The molecule has 0 spiro atoms. The van der Waals surface area contributed by atoms with E-state index in [9.17, 15) is 14.7 Å². The number of imide groups is 1. The number of phenolic OH excluding ortho intramolecular Hbond substituents is 1. The van der Waals surface area contributed by atoms with Crippen molar-refractivity contribution in [2.24, 2.45) is 0 Å². The largest absolute Gasteiger partial charge is 0.504 e. The molecule has 1 aromatic carbocycles. The highest BCUT2D eigenvalue weighted by molar-refractivity contribution is 9.10. The molecule has 7 nitrogen and oxygen atoms in total. The second-order valence-corrected chi connectivity index (χ2v) is 7.53. The molecule has 1 fully saturated rings. The molecule has 134 valence electrons. The molecule has 10 heteroatoms. The van der Waals surface area contributed by atoms with Gasteiger partial charge in [-0.05, 0) is 47.8 Å². The third kappa shape index (κ3) is 3.97. The van der Waals surface area contributed by atoms with E-state index in [1.807, 2.05) is 0 Å². The Labute approximate surface area is 166 Å². The quantitative estimate of drug-likeness (QED) is 0.535. The molecule has 2 heterocycles. The van der Waals surface area contributed by atoms with Crippen molar-refractivity contribution < 1.29 is 19.4 Å². The smallest absolute Gasteiger partial charge is 0.293 e. The fraction of sp³-hybridized carbons (Fsp3) is 0.125. The SMILES string of the molecule is CN1C(=O)S/C(=C\c2cc(OCc3cnc(=S)[nH]c3)c(O)cc2Br)C1=O. The van der Waals surface area contributed by atoms with E-state index in [1.54, 1.807) is 24.5 Å². The summed E-state index contributed by atoms with van der Waals surface area (Å²) < 4.78 is 6.56. The lowest BCUT2D eigenvalue weighted by molar-refractivity contribution is -0.121. The third-order valence-electron chi connectivity index (χ3n) is 3.47. The Balaban J connectivity index is 1.85. The van der Waals surface area contributed by atoms with Gasteiger partial charge >= 0.3 is 0 Å². The average molecular weight is 454 g/mol. The van der Waals surface area contributed by atoms with Crippen LogP contribution in [0.3, 0.4) is 0 Å². The van der Waals surface area contributed by atoms with Gasteiger partial charge in [0, 0.05) is 29.5 Å². The van der Waals surface area contributed by atoms with Crippen LogP contribution in [0.2, 0.25) is 0 Å². The summed E-state index contributed by atoms with van der Waals surface area (Å²) in [5.74, 6) is -0.194. The first-order valence-corrected chi connectivity index (χ1v) is 9.27. The second kappa shape index (κ2) is 7.60. The molecule has 1 aromatic heterocycles. The van der Waals surface area contributed by atoms with Crippen LogP contribution in [0.1, 0.15) is 11.1 Å². The first-order valence-electron chi connectivity index (χ1n) is 7.25. The minimum Gasteiger partial charge on any atom is -0.504 e. The van der Waals surface area contributed by atoms with Gasteiger partial charge in [-0.2, -0.15) is 0 Å². The lowest BCUT2D eigenvalue weighted by Crippen LogP contribution is -2.22. The van der Waals surface area contributed by atoms with Crippen LogP contribution < -0.4 is 4.74 Å². The number of aromatic amines is 1. The van der Waals surface area contributed by atoms with Crippen LogP contribution in [0.5, 0.6) is 11.5 Å². The number of amides is 2. The number of likely N-dealkylation sites (N-methyl/N-ethyl adjacent to an activating group) is 1. The van der Waals surface area contributed by atoms with Gasteiger partial charge < -0.3 is 14.8 Å².